The number of aromatic amines is 1. The van der Waals surface area contributed by atoms with Crippen LogP contribution in [0.25, 0.3) is 0 Å². The molecule has 0 atom stereocenters. The van der Waals surface area contributed by atoms with Crippen molar-refractivity contribution in [1.29, 1.82) is 0 Å². The van der Waals surface area contributed by atoms with Gasteiger partial charge in [-0.25, -0.2) is 19.4 Å². The van der Waals surface area contributed by atoms with Crippen molar-refractivity contribution in [1.82, 2.24) is 31.2 Å². The number of anilines is 1. The van der Waals surface area contributed by atoms with Crippen LogP contribution >= 0.6 is 0 Å². The van der Waals surface area contributed by atoms with E-state index in [9.17, 15) is 19.2 Å². The number of nitrogens with zero attached hydrogens (tertiary/aromatic N) is 1. The van der Waals surface area contributed by atoms with Gasteiger partial charge in [0.05, 0.1) is 5.60 Å². The van der Waals surface area contributed by atoms with Crippen LogP contribution in [0, 0.1) is 17.8 Å². The molecule has 5 amide bonds. The number of aromatic nitrogens is 2. The zero-order chi connectivity index (χ0) is 32.5. The van der Waals surface area contributed by atoms with E-state index >= 15 is 0 Å². The summed E-state index contributed by atoms with van der Waals surface area (Å²) in [6.45, 7) is 18.6. The van der Waals surface area contributed by atoms with Crippen molar-refractivity contribution in [2.45, 2.75) is 99.5 Å². The minimum absolute atomic E-state index is 0.110. The number of alkyl carbamates (subject to hydrolysis) is 1. The van der Waals surface area contributed by atoms with Crippen LogP contribution in [0.2, 0.25) is 0 Å². The zero-order valence-corrected chi connectivity index (χ0v) is 27.5. The molecule has 13 nitrogen and oxygen atoms in total. The van der Waals surface area contributed by atoms with Gasteiger partial charge in [0.1, 0.15) is 6.61 Å². The van der Waals surface area contributed by atoms with E-state index in [1.54, 1.807) is 6.92 Å². The summed E-state index contributed by atoms with van der Waals surface area (Å²) in [5.41, 5.74) is -0.562. The van der Waals surface area contributed by atoms with Gasteiger partial charge in [-0.3, -0.25) is 15.1 Å². The van der Waals surface area contributed by atoms with Crippen molar-refractivity contribution in [3.8, 4) is 0 Å². The van der Waals surface area contributed by atoms with Gasteiger partial charge in [-0.05, 0) is 64.2 Å². The molecule has 0 aliphatic rings. The van der Waals surface area contributed by atoms with Crippen LogP contribution in [0.1, 0.15) is 92.7 Å². The highest BCUT2D eigenvalue weighted by Gasteiger charge is 2.26. The van der Waals surface area contributed by atoms with Gasteiger partial charge in [0, 0.05) is 44.5 Å². The Balaban J connectivity index is 2.14. The first-order valence-corrected chi connectivity index (χ1v) is 15.2. The first-order chi connectivity index (χ1) is 20.0. The van der Waals surface area contributed by atoms with Crippen LogP contribution < -0.4 is 32.1 Å². The average Bonchev–Trinajstić information content (AvgIpc) is 2.89. The van der Waals surface area contributed by atoms with Crippen LogP contribution in [-0.4, -0.2) is 73.1 Å². The van der Waals surface area contributed by atoms with Gasteiger partial charge < -0.3 is 30.7 Å². The number of hydrogen-bond donors (Lipinski definition) is 6. The van der Waals surface area contributed by atoms with E-state index in [0.29, 0.717) is 38.5 Å². The topological polar surface area (TPSA) is 176 Å². The Morgan fingerprint density at radius 2 is 1.40 bits per heavy atom. The number of unbranched alkanes of at least 4 members (excludes halogenated alkanes) is 3. The molecule has 0 aromatic carbocycles. The Labute approximate surface area is 256 Å². The standard InChI is InChI=1S/C30H55N7O6/c1-9-43-30(7,8)21-42-27(41)34-20-29(5,6)15-14-28(3,4)19-33-25(39)31-16-12-10-11-13-17-32-26(40)37-24-35-22(2)18-23(38)36-24/h18H,9-17,19-21H2,1-8H3,(H,34,41)(H2,31,33,39)(H3,32,35,36,37,38,40). The lowest BCUT2D eigenvalue weighted by Gasteiger charge is -2.31. The molecule has 0 aliphatic heterocycles. The molecule has 13 heteroatoms. The number of carbonyl (C=O) groups excluding carboxylic acids is 3. The van der Waals surface area contributed by atoms with Crippen LogP contribution in [0.5, 0.6) is 0 Å². The van der Waals surface area contributed by atoms with Crippen molar-refractivity contribution >= 4 is 24.1 Å². The lowest BCUT2D eigenvalue weighted by atomic mass is 9.79. The average molecular weight is 610 g/mol. The normalized spacial score (nSPS) is 11.9. The maximum Gasteiger partial charge on any atom is 0.407 e. The molecule has 0 saturated heterocycles. The molecule has 1 heterocycles. The Morgan fingerprint density at radius 3 is 1.95 bits per heavy atom. The molecular weight excluding hydrogens is 554 g/mol. The van der Waals surface area contributed by atoms with Gasteiger partial charge in [-0.15, -0.1) is 0 Å². The number of ether oxygens (including phenoxy) is 2. The predicted octanol–water partition coefficient (Wildman–Crippen LogP) is 4.43. The summed E-state index contributed by atoms with van der Waals surface area (Å²) in [5.74, 6) is 0.115. The monoisotopic (exact) mass is 609 g/mol. The number of H-pyrrole nitrogens is 1. The molecule has 6 N–H and O–H groups in total. The molecule has 0 spiro atoms. The maximum absolute atomic E-state index is 12.3. The van der Waals surface area contributed by atoms with Gasteiger partial charge in [0.15, 0.2) is 0 Å². The SMILES string of the molecule is CCOC(C)(C)COC(=O)NCC(C)(C)CCC(C)(C)CNC(=O)NCCCCCCNC(=O)Nc1nc(C)cc(=O)[nH]1. The van der Waals surface area contributed by atoms with E-state index < -0.39 is 17.7 Å². The highest BCUT2D eigenvalue weighted by atomic mass is 16.6. The molecule has 0 saturated carbocycles. The maximum atomic E-state index is 12.3. The molecule has 0 radical (unpaired) electrons. The van der Waals surface area contributed by atoms with Gasteiger partial charge in [-0.1, -0.05) is 40.5 Å². The predicted molar refractivity (Wildman–Crippen MR) is 168 cm³/mol. The van der Waals surface area contributed by atoms with E-state index in [4.69, 9.17) is 9.47 Å². The number of aryl methyl sites for hydroxylation is 1. The minimum Gasteiger partial charge on any atom is -0.447 e. The second-order valence-electron chi connectivity index (χ2n) is 13.1. The molecule has 0 bridgehead atoms. The Kier molecular flexibility index (Phi) is 16.1. The van der Waals surface area contributed by atoms with Crippen LogP contribution in [0.4, 0.5) is 20.3 Å². The van der Waals surface area contributed by atoms with Crippen molar-refractivity contribution in [2.24, 2.45) is 10.8 Å². The van der Waals surface area contributed by atoms with Crippen molar-refractivity contribution < 1.29 is 23.9 Å². The van der Waals surface area contributed by atoms with Gasteiger partial charge in [-0.2, -0.15) is 0 Å². The molecule has 246 valence electrons. The second-order valence-corrected chi connectivity index (χ2v) is 13.1. The highest BCUT2D eigenvalue weighted by molar-refractivity contribution is 5.87. The largest absolute Gasteiger partial charge is 0.447 e. The molecule has 0 unspecified atom stereocenters. The third-order valence-electron chi connectivity index (χ3n) is 6.78. The molecule has 1 rings (SSSR count). The second kappa shape index (κ2) is 18.3. The molecule has 1 aromatic rings. The molecule has 1 aromatic heterocycles. The summed E-state index contributed by atoms with van der Waals surface area (Å²) in [6.07, 6.45) is 4.75. The third-order valence-corrected chi connectivity index (χ3v) is 6.78. The lowest BCUT2D eigenvalue weighted by molar-refractivity contribution is -0.0519. The van der Waals surface area contributed by atoms with E-state index in [1.165, 1.54) is 6.07 Å². The van der Waals surface area contributed by atoms with E-state index in [2.05, 4.69) is 64.2 Å². The number of urea groups is 2. The van der Waals surface area contributed by atoms with Crippen molar-refractivity contribution in [3.05, 3.63) is 22.1 Å². The summed E-state index contributed by atoms with van der Waals surface area (Å²) in [6, 6.07) is 0.738. The first-order valence-electron chi connectivity index (χ1n) is 15.2. The first kappa shape index (κ1) is 37.7. The Hall–Kier alpha value is -3.35. The summed E-state index contributed by atoms with van der Waals surface area (Å²) in [4.78, 5) is 54.3. The summed E-state index contributed by atoms with van der Waals surface area (Å²) in [7, 11) is 0. The Morgan fingerprint density at radius 1 is 0.837 bits per heavy atom. The quantitative estimate of drug-likeness (QED) is 0.126. The van der Waals surface area contributed by atoms with Crippen molar-refractivity contribution in [2.75, 3.05) is 44.7 Å². The van der Waals surface area contributed by atoms with Gasteiger partial charge in [0.25, 0.3) is 5.56 Å². The summed E-state index contributed by atoms with van der Waals surface area (Å²) < 4.78 is 10.9. The molecule has 0 fully saturated rings. The summed E-state index contributed by atoms with van der Waals surface area (Å²) in [5, 5.41) is 14.0. The van der Waals surface area contributed by atoms with Crippen molar-refractivity contribution in [3.63, 3.8) is 0 Å². The van der Waals surface area contributed by atoms with E-state index in [1.807, 2.05) is 20.8 Å². The molecule has 0 aliphatic carbocycles. The number of nitrogens with one attached hydrogen (secondary N) is 6. The van der Waals surface area contributed by atoms with Gasteiger partial charge >= 0.3 is 18.2 Å². The van der Waals surface area contributed by atoms with Crippen LogP contribution in [-0.2, 0) is 9.47 Å². The van der Waals surface area contributed by atoms with Crippen LogP contribution in [0.15, 0.2) is 10.9 Å². The smallest absolute Gasteiger partial charge is 0.407 e. The number of hydrogen-bond acceptors (Lipinski definition) is 7. The Bertz CT molecular complexity index is 1070. The fraction of sp³-hybridized carbons (Fsp3) is 0.767. The lowest BCUT2D eigenvalue weighted by Crippen LogP contribution is -2.42. The minimum atomic E-state index is -0.518. The summed E-state index contributed by atoms with van der Waals surface area (Å²) >= 11 is 0. The van der Waals surface area contributed by atoms with Crippen LogP contribution in [0.3, 0.4) is 0 Å². The molecular formula is C30H55N7O6. The highest BCUT2D eigenvalue weighted by Crippen LogP contribution is 2.30. The zero-order valence-electron chi connectivity index (χ0n) is 27.5. The molecule has 43 heavy (non-hydrogen) atoms. The number of carbonyl (C=O) groups is 3. The third kappa shape index (κ3) is 18.7. The number of amides is 5. The van der Waals surface area contributed by atoms with E-state index in [-0.39, 0.29) is 35.0 Å². The fourth-order valence-corrected chi connectivity index (χ4v) is 4.07. The fourth-order valence-electron chi connectivity index (χ4n) is 4.07. The van der Waals surface area contributed by atoms with E-state index in [0.717, 1.165) is 38.5 Å². The van der Waals surface area contributed by atoms with Gasteiger partial charge in [0.2, 0.25) is 5.95 Å². The number of rotatable bonds is 19.